The summed E-state index contributed by atoms with van der Waals surface area (Å²) in [5.41, 5.74) is 16.6. The quantitative estimate of drug-likeness (QED) is 0.0296. The minimum Gasteiger partial charge on any atom is -0.368 e. The van der Waals surface area contributed by atoms with Crippen LogP contribution in [0.5, 0.6) is 0 Å². The van der Waals surface area contributed by atoms with E-state index in [-0.39, 0.29) is 23.6 Å². The second kappa shape index (κ2) is 44.3. The standard InChI is InChI=1S/C48H95N7O5/c1-2-3-4-5-6-9-15-21-26-37-46(58)55-43(34-28-30-39-50)48(60)53-41-32-23-18-13-7-10-14-19-24-35-44(56)52-40-31-22-17-12-8-11-16-20-25-36-45(57)54-42(47(51)59)33-27-29-38-49/h42-43H,2-41,49-50H2,1H3,(H2,51,59)(H,52,56)(H,53,60)(H,54,57)(H,55,58). The summed E-state index contributed by atoms with van der Waals surface area (Å²) in [5.74, 6) is -0.492. The van der Waals surface area contributed by atoms with E-state index < -0.39 is 18.0 Å². The number of carbonyl (C=O) groups is 5. The van der Waals surface area contributed by atoms with Crippen LogP contribution < -0.4 is 38.5 Å². The van der Waals surface area contributed by atoms with Gasteiger partial charge in [0, 0.05) is 32.4 Å². The minimum atomic E-state index is -0.595. The van der Waals surface area contributed by atoms with Gasteiger partial charge in [0.2, 0.25) is 29.5 Å². The number of nitrogens with two attached hydrogens (primary N) is 3. The van der Waals surface area contributed by atoms with Crippen molar-refractivity contribution in [2.24, 2.45) is 17.2 Å². The van der Waals surface area contributed by atoms with E-state index >= 15 is 0 Å². The monoisotopic (exact) mass is 850 g/mol. The van der Waals surface area contributed by atoms with Crippen LogP contribution in [0.3, 0.4) is 0 Å². The average Bonchev–Trinajstić information content (AvgIpc) is 3.23. The first-order chi connectivity index (χ1) is 29.2. The number of amides is 5. The molecule has 0 aliphatic heterocycles. The van der Waals surface area contributed by atoms with Gasteiger partial charge in [-0.05, 0) is 83.7 Å². The molecule has 10 N–H and O–H groups in total. The molecule has 0 bridgehead atoms. The van der Waals surface area contributed by atoms with Crippen LogP contribution in [0.25, 0.3) is 0 Å². The molecule has 0 fully saturated rings. The number of carbonyl (C=O) groups excluding carboxylic acids is 5. The molecule has 0 saturated carbocycles. The number of rotatable bonds is 46. The first-order valence-corrected chi connectivity index (χ1v) is 25.1. The third-order valence-corrected chi connectivity index (χ3v) is 11.5. The number of hydrogen-bond donors (Lipinski definition) is 7. The fraction of sp³-hybridized carbons (Fsp3) is 0.896. The van der Waals surface area contributed by atoms with Gasteiger partial charge in [-0.2, -0.15) is 0 Å². The van der Waals surface area contributed by atoms with Crippen LogP contribution >= 0.6 is 0 Å². The highest BCUT2D eigenvalue weighted by Crippen LogP contribution is 2.14. The molecule has 352 valence electrons. The summed E-state index contributed by atoms with van der Waals surface area (Å²) in [6.45, 7) is 4.81. The van der Waals surface area contributed by atoms with Crippen molar-refractivity contribution in [2.45, 2.75) is 250 Å². The van der Waals surface area contributed by atoms with Crippen molar-refractivity contribution < 1.29 is 24.0 Å². The van der Waals surface area contributed by atoms with Crippen LogP contribution in [0.15, 0.2) is 0 Å². The normalized spacial score (nSPS) is 12.2. The van der Waals surface area contributed by atoms with E-state index in [9.17, 15) is 24.0 Å². The Kier molecular flexibility index (Phi) is 42.3. The van der Waals surface area contributed by atoms with Gasteiger partial charge in [0.25, 0.3) is 0 Å². The van der Waals surface area contributed by atoms with Crippen molar-refractivity contribution in [3.05, 3.63) is 0 Å². The number of hydrogen-bond acceptors (Lipinski definition) is 7. The number of nitrogens with one attached hydrogen (secondary N) is 4. The molecule has 0 aliphatic rings. The smallest absolute Gasteiger partial charge is 0.242 e. The third kappa shape index (κ3) is 39.4. The predicted molar refractivity (Wildman–Crippen MR) is 249 cm³/mol. The Morgan fingerprint density at radius 1 is 0.383 bits per heavy atom. The van der Waals surface area contributed by atoms with Gasteiger partial charge in [-0.3, -0.25) is 24.0 Å². The van der Waals surface area contributed by atoms with Gasteiger partial charge in [0.05, 0.1) is 0 Å². The minimum absolute atomic E-state index is 0.0147. The van der Waals surface area contributed by atoms with Crippen molar-refractivity contribution in [1.82, 2.24) is 21.3 Å². The molecule has 0 aromatic heterocycles. The Hall–Kier alpha value is -2.73. The van der Waals surface area contributed by atoms with Crippen molar-refractivity contribution in [1.29, 1.82) is 0 Å². The molecule has 0 saturated heterocycles. The van der Waals surface area contributed by atoms with E-state index in [4.69, 9.17) is 17.2 Å². The van der Waals surface area contributed by atoms with Crippen LogP contribution in [0.1, 0.15) is 238 Å². The molecule has 0 aliphatic carbocycles. The lowest BCUT2D eigenvalue weighted by molar-refractivity contribution is -0.129. The van der Waals surface area contributed by atoms with Crippen LogP contribution in [0.4, 0.5) is 0 Å². The second-order valence-corrected chi connectivity index (χ2v) is 17.3. The molecule has 5 amide bonds. The van der Waals surface area contributed by atoms with Gasteiger partial charge < -0.3 is 38.5 Å². The van der Waals surface area contributed by atoms with E-state index in [0.717, 1.165) is 109 Å². The topological polar surface area (TPSA) is 212 Å². The molecular weight excluding hydrogens is 755 g/mol. The zero-order valence-corrected chi connectivity index (χ0v) is 38.7. The van der Waals surface area contributed by atoms with E-state index in [2.05, 4.69) is 28.2 Å². The maximum atomic E-state index is 12.9. The lowest BCUT2D eigenvalue weighted by atomic mass is 10.1. The van der Waals surface area contributed by atoms with Crippen molar-refractivity contribution in [2.75, 3.05) is 26.2 Å². The zero-order valence-electron chi connectivity index (χ0n) is 38.7. The Morgan fingerprint density at radius 2 is 0.717 bits per heavy atom. The fourth-order valence-electron chi connectivity index (χ4n) is 7.62. The largest absolute Gasteiger partial charge is 0.368 e. The molecule has 60 heavy (non-hydrogen) atoms. The van der Waals surface area contributed by atoms with E-state index in [1.165, 1.54) is 96.3 Å². The molecule has 12 heteroatoms. The summed E-state index contributed by atoms with van der Waals surface area (Å²) in [4.78, 5) is 61.4. The Labute approximate surface area is 367 Å². The zero-order chi connectivity index (χ0) is 44.2. The van der Waals surface area contributed by atoms with Gasteiger partial charge in [0.15, 0.2) is 0 Å². The first kappa shape index (κ1) is 57.3. The van der Waals surface area contributed by atoms with Gasteiger partial charge >= 0.3 is 0 Å². The van der Waals surface area contributed by atoms with Gasteiger partial charge in [-0.25, -0.2) is 0 Å². The lowest BCUT2D eigenvalue weighted by Crippen LogP contribution is -2.47. The lowest BCUT2D eigenvalue weighted by Gasteiger charge is -2.18. The van der Waals surface area contributed by atoms with E-state index in [0.29, 0.717) is 51.7 Å². The van der Waals surface area contributed by atoms with E-state index in [1.54, 1.807) is 0 Å². The summed E-state index contributed by atoms with van der Waals surface area (Å²) < 4.78 is 0. The maximum Gasteiger partial charge on any atom is 0.242 e. The second-order valence-electron chi connectivity index (χ2n) is 17.3. The van der Waals surface area contributed by atoms with E-state index in [1.807, 2.05) is 0 Å². The SMILES string of the molecule is CCCCCCCCCCCC(=O)NC(CCCCN)C(=O)NCCCCCCCCCCCC(=O)NCCCCCCCCCCCC(=O)NC(CCCCN)C(N)=O. The van der Waals surface area contributed by atoms with Crippen molar-refractivity contribution in [3.63, 3.8) is 0 Å². The van der Waals surface area contributed by atoms with Crippen LogP contribution in [0.2, 0.25) is 0 Å². The Morgan fingerprint density at radius 3 is 1.12 bits per heavy atom. The molecular formula is C48H95N7O5. The molecule has 2 atom stereocenters. The molecule has 12 nitrogen and oxygen atoms in total. The molecule has 2 unspecified atom stereocenters. The van der Waals surface area contributed by atoms with Gasteiger partial charge in [0.1, 0.15) is 12.1 Å². The number of primary amides is 1. The summed E-state index contributed by atoms with van der Waals surface area (Å²) in [5, 5.41) is 11.9. The summed E-state index contributed by atoms with van der Waals surface area (Å²) in [7, 11) is 0. The van der Waals surface area contributed by atoms with Crippen LogP contribution in [-0.4, -0.2) is 67.8 Å². The highest BCUT2D eigenvalue weighted by Gasteiger charge is 2.20. The molecule has 0 aromatic rings. The fourth-order valence-corrected chi connectivity index (χ4v) is 7.62. The molecule has 0 heterocycles. The van der Waals surface area contributed by atoms with Gasteiger partial charge in [-0.15, -0.1) is 0 Å². The summed E-state index contributed by atoms with van der Waals surface area (Å²) in [6, 6.07) is -1.07. The van der Waals surface area contributed by atoms with Crippen molar-refractivity contribution in [3.8, 4) is 0 Å². The number of unbranched alkanes of at least 4 members (excludes halogenated alkanes) is 26. The first-order valence-electron chi connectivity index (χ1n) is 25.1. The summed E-state index contributed by atoms with van der Waals surface area (Å²) in [6.07, 6.45) is 36.8. The van der Waals surface area contributed by atoms with Crippen molar-refractivity contribution >= 4 is 29.5 Å². The highest BCUT2D eigenvalue weighted by atomic mass is 16.2. The molecule has 0 radical (unpaired) electrons. The van der Waals surface area contributed by atoms with Gasteiger partial charge in [-0.1, -0.05) is 148 Å². The molecule has 0 aromatic carbocycles. The van der Waals surface area contributed by atoms with Crippen LogP contribution in [0, 0.1) is 0 Å². The Bertz CT molecular complexity index is 1050. The summed E-state index contributed by atoms with van der Waals surface area (Å²) >= 11 is 0. The molecule has 0 rings (SSSR count). The van der Waals surface area contributed by atoms with Crippen LogP contribution in [-0.2, 0) is 24.0 Å². The average molecular weight is 850 g/mol. The Balaban J connectivity index is 3.70. The third-order valence-electron chi connectivity index (χ3n) is 11.5. The molecule has 0 spiro atoms. The predicted octanol–water partition coefficient (Wildman–Crippen LogP) is 8.65. The maximum absolute atomic E-state index is 12.9. The highest BCUT2D eigenvalue weighted by molar-refractivity contribution is 5.87.